The first-order valence-corrected chi connectivity index (χ1v) is 9.10. The Morgan fingerprint density at radius 2 is 2.04 bits per heavy atom. The molecule has 0 amide bonds. The van der Waals surface area contributed by atoms with Gasteiger partial charge in [0.25, 0.3) is 0 Å². The lowest BCUT2D eigenvalue weighted by atomic mass is 10.2. The SMILES string of the molecule is CCNC(=NCc1ccc(OC)cc1OC)NCCCOCc1ccco1. The van der Waals surface area contributed by atoms with E-state index < -0.39 is 0 Å². The lowest BCUT2D eigenvalue weighted by Crippen LogP contribution is -2.38. The topological polar surface area (TPSA) is 77.3 Å². The van der Waals surface area contributed by atoms with Crippen LogP contribution in [-0.4, -0.2) is 39.9 Å². The van der Waals surface area contributed by atoms with Crippen LogP contribution in [0.1, 0.15) is 24.7 Å². The van der Waals surface area contributed by atoms with Crippen molar-refractivity contribution in [2.45, 2.75) is 26.5 Å². The van der Waals surface area contributed by atoms with Crippen molar-refractivity contribution in [2.75, 3.05) is 33.9 Å². The number of aliphatic imine (C=N–C) groups is 1. The first-order chi connectivity index (χ1) is 13.3. The van der Waals surface area contributed by atoms with E-state index >= 15 is 0 Å². The highest BCUT2D eigenvalue weighted by Gasteiger charge is 2.05. The van der Waals surface area contributed by atoms with Crippen molar-refractivity contribution in [2.24, 2.45) is 4.99 Å². The molecule has 1 aromatic heterocycles. The fourth-order valence-corrected chi connectivity index (χ4v) is 2.44. The van der Waals surface area contributed by atoms with Crippen LogP contribution >= 0.6 is 0 Å². The maximum atomic E-state index is 5.58. The summed E-state index contributed by atoms with van der Waals surface area (Å²) in [5, 5.41) is 6.56. The van der Waals surface area contributed by atoms with E-state index in [2.05, 4.69) is 15.6 Å². The van der Waals surface area contributed by atoms with E-state index in [4.69, 9.17) is 18.6 Å². The van der Waals surface area contributed by atoms with Gasteiger partial charge < -0.3 is 29.3 Å². The molecule has 2 aromatic rings. The zero-order valence-corrected chi connectivity index (χ0v) is 16.3. The van der Waals surface area contributed by atoms with Crippen LogP contribution in [-0.2, 0) is 17.9 Å². The highest BCUT2D eigenvalue weighted by Crippen LogP contribution is 2.25. The summed E-state index contributed by atoms with van der Waals surface area (Å²) in [5.74, 6) is 3.13. The van der Waals surface area contributed by atoms with Crippen molar-refractivity contribution in [3.63, 3.8) is 0 Å². The first kappa shape index (κ1) is 20.6. The van der Waals surface area contributed by atoms with Crippen molar-refractivity contribution in [1.29, 1.82) is 0 Å². The van der Waals surface area contributed by atoms with Crippen molar-refractivity contribution < 1.29 is 18.6 Å². The van der Waals surface area contributed by atoms with Gasteiger partial charge in [-0.15, -0.1) is 0 Å². The van der Waals surface area contributed by atoms with E-state index in [1.165, 1.54) is 0 Å². The summed E-state index contributed by atoms with van der Waals surface area (Å²) in [6, 6.07) is 9.50. The zero-order valence-electron chi connectivity index (χ0n) is 16.3. The molecular formula is C20H29N3O4. The molecule has 148 valence electrons. The highest BCUT2D eigenvalue weighted by atomic mass is 16.5. The third-order valence-electron chi connectivity index (χ3n) is 3.83. The predicted octanol–water partition coefficient (Wildman–Crippen LogP) is 2.96. The number of hydrogen-bond donors (Lipinski definition) is 2. The summed E-state index contributed by atoms with van der Waals surface area (Å²) in [5.41, 5.74) is 0.997. The monoisotopic (exact) mass is 375 g/mol. The molecule has 7 nitrogen and oxygen atoms in total. The number of benzene rings is 1. The molecule has 0 aliphatic carbocycles. The van der Waals surface area contributed by atoms with Gasteiger partial charge in [-0.05, 0) is 37.6 Å². The molecule has 7 heteroatoms. The smallest absolute Gasteiger partial charge is 0.191 e. The first-order valence-electron chi connectivity index (χ1n) is 9.10. The Balaban J connectivity index is 1.78. The van der Waals surface area contributed by atoms with Crippen molar-refractivity contribution in [1.82, 2.24) is 10.6 Å². The van der Waals surface area contributed by atoms with E-state index in [0.717, 1.165) is 48.3 Å². The summed E-state index contributed by atoms with van der Waals surface area (Å²) >= 11 is 0. The number of rotatable bonds is 11. The van der Waals surface area contributed by atoms with Gasteiger partial charge in [0.1, 0.15) is 23.9 Å². The van der Waals surface area contributed by atoms with Gasteiger partial charge in [0, 0.05) is 31.3 Å². The second-order valence-corrected chi connectivity index (χ2v) is 5.79. The Labute approximate surface area is 160 Å². The number of ether oxygens (including phenoxy) is 3. The normalized spacial score (nSPS) is 11.3. The number of guanidine groups is 1. The summed E-state index contributed by atoms with van der Waals surface area (Å²) in [6.07, 6.45) is 2.52. The quantitative estimate of drug-likeness (QED) is 0.357. The maximum Gasteiger partial charge on any atom is 0.191 e. The molecule has 0 saturated carbocycles. The number of furan rings is 1. The van der Waals surface area contributed by atoms with Gasteiger partial charge >= 0.3 is 0 Å². The molecule has 0 radical (unpaired) electrons. The second-order valence-electron chi connectivity index (χ2n) is 5.79. The molecule has 0 bridgehead atoms. The average Bonchev–Trinajstić information content (AvgIpc) is 3.22. The zero-order chi connectivity index (χ0) is 19.3. The van der Waals surface area contributed by atoms with Crippen molar-refractivity contribution >= 4 is 5.96 Å². The van der Waals surface area contributed by atoms with E-state index in [1.54, 1.807) is 20.5 Å². The molecule has 0 atom stereocenters. The molecule has 0 spiro atoms. The molecular weight excluding hydrogens is 346 g/mol. The van der Waals surface area contributed by atoms with Crippen LogP contribution in [0.3, 0.4) is 0 Å². The Kier molecular flexibility index (Phi) is 9.06. The van der Waals surface area contributed by atoms with Gasteiger partial charge in [0.05, 0.1) is 27.0 Å². The Hall–Kier alpha value is -2.67. The van der Waals surface area contributed by atoms with Gasteiger partial charge in [-0.2, -0.15) is 0 Å². The molecule has 0 saturated heterocycles. The second kappa shape index (κ2) is 11.9. The Bertz CT molecular complexity index is 687. The number of nitrogens with zero attached hydrogens (tertiary/aromatic N) is 1. The minimum Gasteiger partial charge on any atom is -0.497 e. The van der Waals surface area contributed by atoms with Crippen molar-refractivity contribution in [3.8, 4) is 11.5 Å². The minimum atomic E-state index is 0.498. The van der Waals surface area contributed by atoms with Crippen LogP contribution in [0.5, 0.6) is 11.5 Å². The van der Waals surface area contributed by atoms with Gasteiger partial charge in [0.15, 0.2) is 5.96 Å². The molecule has 0 aliphatic rings. The van der Waals surface area contributed by atoms with Gasteiger partial charge in [0.2, 0.25) is 0 Å². The van der Waals surface area contributed by atoms with E-state index in [-0.39, 0.29) is 0 Å². The van der Waals surface area contributed by atoms with Crippen molar-refractivity contribution in [3.05, 3.63) is 47.9 Å². The molecule has 27 heavy (non-hydrogen) atoms. The van der Waals surface area contributed by atoms with Gasteiger partial charge in [-0.1, -0.05) is 0 Å². The van der Waals surface area contributed by atoms with Crippen LogP contribution < -0.4 is 20.1 Å². The molecule has 0 fully saturated rings. The molecule has 0 unspecified atom stereocenters. The molecule has 2 rings (SSSR count). The highest BCUT2D eigenvalue weighted by molar-refractivity contribution is 5.79. The van der Waals surface area contributed by atoms with E-state index in [1.807, 2.05) is 37.3 Å². The van der Waals surface area contributed by atoms with Gasteiger partial charge in [-0.25, -0.2) is 4.99 Å². The molecule has 1 heterocycles. The standard InChI is InChI=1S/C20H29N3O4/c1-4-21-20(22-10-6-11-26-15-18-7-5-12-27-18)23-14-16-8-9-17(24-2)13-19(16)25-3/h5,7-9,12-13H,4,6,10-11,14-15H2,1-3H3,(H2,21,22,23). The van der Waals surface area contributed by atoms with E-state index in [9.17, 15) is 0 Å². The lowest BCUT2D eigenvalue weighted by Gasteiger charge is -2.13. The van der Waals surface area contributed by atoms with Crippen LogP contribution in [0.15, 0.2) is 46.0 Å². The van der Waals surface area contributed by atoms with Crippen LogP contribution in [0.4, 0.5) is 0 Å². The number of hydrogen-bond acceptors (Lipinski definition) is 5. The molecule has 1 aromatic carbocycles. The maximum absolute atomic E-state index is 5.58. The summed E-state index contributed by atoms with van der Waals surface area (Å²) in [7, 11) is 3.28. The minimum absolute atomic E-state index is 0.498. The van der Waals surface area contributed by atoms with Crippen LogP contribution in [0.2, 0.25) is 0 Å². The van der Waals surface area contributed by atoms with Crippen LogP contribution in [0.25, 0.3) is 0 Å². The lowest BCUT2D eigenvalue weighted by molar-refractivity contribution is 0.105. The van der Waals surface area contributed by atoms with Crippen LogP contribution in [0, 0.1) is 0 Å². The molecule has 0 aliphatic heterocycles. The fourth-order valence-electron chi connectivity index (χ4n) is 2.44. The Morgan fingerprint density at radius 1 is 1.15 bits per heavy atom. The predicted molar refractivity (Wildman–Crippen MR) is 105 cm³/mol. The van der Waals surface area contributed by atoms with Gasteiger partial charge in [-0.3, -0.25) is 0 Å². The Morgan fingerprint density at radius 3 is 2.74 bits per heavy atom. The average molecular weight is 375 g/mol. The summed E-state index contributed by atoms with van der Waals surface area (Å²) in [4.78, 5) is 4.62. The summed E-state index contributed by atoms with van der Waals surface area (Å²) < 4.78 is 21.5. The largest absolute Gasteiger partial charge is 0.497 e. The van der Waals surface area contributed by atoms with E-state index in [0.29, 0.717) is 19.8 Å². The third kappa shape index (κ3) is 7.22. The fraction of sp³-hybridized carbons (Fsp3) is 0.450. The summed E-state index contributed by atoms with van der Waals surface area (Å²) in [6.45, 7) is 5.26. The number of nitrogens with one attached hydrogen (secondary N) is 2. The third-order valence-corrected chi connectivity index (χ3v) is 3.83. The number of methoxy groups -OCH3 is 2. The molecule has 2 N–H and O–H groups in total.